The van der Waals surface area contributed by atoms with Gasteiger partial charge in [-0.25, -0.2) is 8.78 Å². The minimum absolute atomic E-state index is 0.526. The molecule has 13 heavy (non-hydrogen) atoms. The molecule has 0 aliphatic rings. The van der Waals surface area contributed by atoms with Gasteiger partial charge in [-0.2, -0.15) is 0 Å². The molecule has 1 aromatic rings. The van der Waals surface area contributed by atoms with Crippen LogP contribution in [0.3, 0.4) is 0 Å². The molecule has 0 N–H and O–H groups in total. The van der Waals surface area contributed by atoms with Crippen LogP contribution in [0.2, 0.25) is 0 Å². The lowest BCUT2D eigenvalue weighted by Gasteiger charge is -2.20. The summed E-state index contributed by atoms with van der Waals surface area (Å²) in [4.78, 5) is 1.90. The third kappa shape index (κ3) is 2.41. The molecule has 0 aliphatic carbocycles. The van der Waals surface area contributed by atoms with Crippen molar-refractivity contribution in [2.75, 3.05) is 18.0 Å². The molecule has 1 nitrogen and oxygen atoms in total. The molecule has 0 atom stereocenters. The van der Waals surface area contributed by atoms with Crippen LogP contribution in [0.15, 0.2) is 18.2 Å². The van der Waals surface area contributed by atoms with Crippen molar-refractivity contribution in [3.63, 3.8) is 0 Å². The molecule has 0 aromatic heterocycles. The number of benzene rings is 1. The molecule has 72 valence electrons. The Kier molecular flexibility index (Phi) is 3.23. The topological polar surface area (TPSA) is 3.24 Å². The second-order valence-electron chi connectivity index (χ2n) is 2.80. The highest BCUT2D eigenvalue weighted by Gasteiger charge is 2.05. The summed E-state index contributed by atoms with van der Waals surface area (Å²) in [6.45, 7) is 5.40. The van der Waals surface area contributed by atoms with Gasteiger partial charge in [-0.05, 0) is 26.0 Å². The zero-order valence-corrected chi connectivity index (χ0v) is 7.85. The number of rotatable bonds is 3. The van der Waals surface area contributed by atoms with Crippen LogP contribution < -0.4 is 4.90 Å². The first kappa shape index (κ1) is 9.96. The molecule has 0 radical (unpaired) electrons. The molecule has 0 bridgehead atoms. The molecule has 3 heteroatoms. The average molecular weight is 185 g/mol. The summed E-state index contributed by atoms with van der Waals surface area (Å²) in [6, 6.07) is 3.57. The molecule has 1 rings (SSSR count). The van der Waals surface area contributed by atoms with E-state index in [-0.39, 0.29) is 0 Å². The van der Waals surface area contributed by atoms with Crippen molar-refractivity contribution < 1.29 is 8.78 Å². The van der Waals surface area contributed by atoms with Gasteiger partial charge < -0.3 is 4.90 Å². The quantitative estimate of drug-likeness (QED) is 0.699. The van der Waals surface area contributed by atoms with E-state index in [0.717, 1.165) is 19.2 Å². The minimum atomic E-state index is -0.526. The summed E-state index contributed by atoms with van der Waals surface area (Å²) in [7, 11) is 0. The summed E-state index contributed by atoms with van der Waals surface area (Å²) < 4.78 is 25.6. The van der Waals surface area contributed by atoms with Gasteiger partial charge in [-0.3, -0.25) is 0 Å². The van der Waals surface area contributed by atoms with Crippen molar-refractivity contribution in [3.8, 4) is 0 Å². The van der Waals surface area contributed by atoms with E-state index in [1.54, 1.807) is 0 Å². The lowest BCUT2D eigenvalue weighted by Crippen LogP contribution is -2.21. The highest BCUT2D eigenvalue weighted by atomic mass is 19.1. The summed E-state index contributed by atoms with van der Waals surface area (Å²) in [5, 5.41) is 0. The van der Waals surface area contributed by atoms with Gasteiger partial charge in [0.15, 0.2) is 0 Å². The lowest BCUT2D eigenvalue weighted by molar-refractivity contribution is 0.582. The van der Waals surface area contributed by atoms with Gasteiger partial charge in [0.1, 0.15) is 11.6 Å². The predicted octanol–water partition coefficient (Wildman–Crippen LogP) is 2.81. The van der Waals surface area contributed by atoms with Crippen LogP contribution in [0.5, 0.6) is 0 Å². The maximum absolute atomic E-state index is 12.8. The Morgan fingerprint density at radius 3 is 1.85 bits per heavy atom. The van der Waals surface area contributed by atoms with Crippen LogP contribution in [0.4, 0.5) is 14.5 Å². The van der Waals surface area contributed by atoms with E-state index >= 15 is 0 Å². The van der Waals surface area contributed by atoms with E-state index in [0.29, 0.717) is 5.69 Å². The standard InChI is InChI=1S/C10H13F2N/c1-3-13(4-2)10-6-8(11)5-9(12)7-10/h5-7H,3-4H2,1-2H3. The van der Waals surface area contributed by atoms with Crippen LogP contribution in [0, 0.1) is 11.6 Å². The molecular weight excluding hydrogens is 172 g/mol. The Morgan fingerprint density at radius 2 is 1.46 bits per heavy atom. The first-order chi connectivity index (χ1) is 6.17. The van der Waals surface area contributed by atoms with E-state index in [2.05, 4.69) is 0 Å². The van der Waals surface area contributed by atoms with Gasteiger partial charge in [0, 0.05) is 24.8 Å². The molecule has 0 saturated heterocycles. The van der Waals surface area contributed by atoms with Crippen molar-refractivity contribution in [2.45, 2.75) is 13.8 Å². The summed E-state index contributed by atoms with van der Waals surface area (Å²) in [5.41, 5.74) is 0.600. The predicted molar refractivity (Wildman–Crippen MR) is 49.9 cm³/mol. The van der Waals surface area contributed by atoms with E-state index in [9.17, 15) is 8.78 Å². The second-order valence-corrected chi connectivity index (χ2v) is 2.80. The maximum Gasteiger partial charge on any atom is 0.128 e. The third-order valence-corrected chi connectivity index (χ3v) is 1.98. The Balaban J connectivity index is 2.99. The minimum Gasteiger partial charge on any atom is -0.372 e. The Morgan fingerprint density at radius 1 is 1.00 bits per heavy atom. The van der Waals surface area contributed by atoms with Crippen LogP contribution in [-0.2, 0) is 0 Å². The summed E-state index contributed by atoms with van der Waals surface area (Å²) in [5.74, 6) is -1.05. The fourth-order valence-electron chi connectivity index (χ4n) is 1.31. The van der Waals surface area contributed by atoms with Gasteiger partial charge in [-0.1, -0.05) is 0 Å². The van der Waals surface area contributed by atoms with Crippen LogP contribution in [-0.4, -0.2) is 13.1 Å². The second kappa shape index (κ2) is 4.21. The van der Waals surface area contributed by atoms with Crippen molar-refractivity contribution in [3.05, 3.63) is 29.8 Å². The number of nitrogens with zero attached hydrogens (tertiary/aromatic N) is 1. The molecule has 0 fully saturated rings. The smallest absolute Gasteiger partial charge is 0.128 e. The van der Waals surface area contributed by atoms with Crippen LogP contribution in [0.25, 0.3) is 0 Å². The summed E-state index contributed by atoms with van der Waals surface area (Å²) >= 11 is 0. The highest BCUT2D eigenvalue weighted by molar-refractivity contribution is 5.46. The first-order valence-corrected chi connectivity index (χ1v) is 4.38. The largest absolute Gasteiger partial charge is 0.372 e. The Bertz CT molecular complexity index is 262. The van der Waals surface area contributed by atoms with E-state index in [4.69, 9.17) is 0 Å². The monoisotopic (exact) mass is 185 g/mol. The average Bonchev–Trinajstić information content (AvgIpc) is 2.04. The Hall–Kier alpha value is -1.12. The molecule has 1 aromatic carbocycles. The molecule has 0 spiro atoms. The number of hydrogen-bond donors (Lipinski definition) is 0. The summed E-state index contributed by atoms with van der Waals surface area (Å²) in [6.07, 6.45) is 0. The van der Waals surface area contributed by atoms with Crippen molar-refractivity contribution in [1.29, 1.82) is 0 Å². The molecule has 0 amide bonds. The van der Waals surface area contributed by atoms with Gasteiger partial charge in [0.05, 0.1) is 0 Å². The van der Waals surface area contributed by atoms with E-state index < -0.39 is 11.6 Å². The normalized spacial score (nSPS) is 10.2. The lowest BCUT2D eigenvalue weighted by atomic mass is 10.2. The molecule has 0 unspecified atom stereocenters. The van der Waals surface area contributed by atoms with Gasteiger partial charge in [-0.15, -0.1) is 0 Å². The van der Waals surface area contributed by atoms with Gasteiger partial charge in [0.2, 0.25) is 0 Å². The van der Waals surface area contributed by atoms with Crippen molar-refractivity contribution in [1.82, 2.24) is 0 Å². The third-order valence-electron chi connectivity index (χ3n) is 1.98. The number of hydrogen-bond acceptors (Lipinski definition) is 1. The molecule has 0 heterocycles. The van der Waals surface area contributed by atoms with Crippen molar-refractivity contribution in [2.24, 2.45) is 0 Å². The molecular formula is C10H13F2N. The van der Waals surface area contributed by atoms with Crippen molar-refractivity contribution >= 4 is 5.69 Å². The van der Waals surface area contributed by atoms with Crippen LogP contribution >= 0.6 is 0 Å². The zero-order valence-electron chi connectivity index (χ0n) is 7.85. The highest BCUT2D eigenvalue weighted by Crippen LogP contribution is 2.17. The fraction of sp³-hybridized carbons (Fsp3) is 0.400. The maximum atomic E-state index is 12.8. The van der Waals surface area contributed by atoms with Gasteiger partial charge in [0.25, 0.3) is 0 Å². The molecule has 0 saturated carbocycles. The zero-order chi connectivity index (χ0) is 9.84. The SMILES string of the molecule is CCN(CC)c1cc(F)cc(F)c1. The number of halogens is 2. The van der Waals surface area contributed by atoms with E-state index in [1.165, 1.54) is 12.1 Å². The first-order valence-electron chi connectivity index (χ1n) is 4.38. The number of anilines is 1. The molecule has 0 aliphatic heterocycles. The Labute approximate surface area is 77.0 Å². The van der Waals surface area contributed by atoms with Gasteiger partial charge >= 0.3 is 0 Å². The van der Waals surface area contributed by atoms with E-state index in [1.807, 2.05) is 18.7 Å². The fourth-order valence-corrected chi connectivity index (χ4v) is 1.31. The van der Waals surface area contributed by atoms with Crippen LogP contribution in [0.1, 0.15) is 13.8 Å².